The van der Waals surface area contributed by atoms with E-state index in [0.29, 0.717) is 0 Å². The molecule has 1 aromatic rings. The van der Waals surface area contributed by atoms with Crippen molar-refractivity contribution >= 4 is 11.6 Å². The monoisotopic (exact) mass is 249 g/mol. The van der Waals surface area contributed by atoms with Crippen LogP contribution in [0.5, 0.6) is 0 Å². The van der Waals surface area contributed by atoms with Gasteiger partial charge in [0.15, 0.2) is 0 Å². The number of aromatic nitrogens is 2. The molecular formula is C13H23N5. The first-order chi connectivity index (χ1) is 8.74. The van der Waals surface area contributed by atoms with E-state index in [1.165, 1.54) is 0 Å². The van der Waals surface area contributed by atoms with Crippen LogP contribution in [0.25, 0.3) is 0 Å². The first-order valence-electron chi connectivity index (χ1n) is 6.82. The predicted octanol–water partition coefficient (Wildman–Crippen LogP) is 1.25. The molecule has 2 heterocycles. The van der Waals surface area contributed by atoms with Crippen LogP contribution >= 0.6 is 0 Å². The van der Waals surface area contributed by atoms with E-state index in [1.807, 2.05) is 0 Å². The fraction of sp³-hybridized carbons (Fsp3) is 0.692. The molecule has 1 atom stereocenters. The number of anilines is 2. The van der Waals surface area contributed by atoms with Crippen molar-refractivity contribution in [1.82, 2.24) is 9.97 Å². The minimum Gasteiger partial charge on any atom is -0.357 e. The molecule has 1 saturated heterocycles. The SMILES string of the molecule is CCN(CC)c1cc(N2CCCC(N)C2)ncn1. The summed E-state index contributed by atoms with van der Waals surface area (Å²) in [7, 11) is 0. The molecule has 0 amide bonds. The predicted molar refractivity (Wildman–Crippen MR) is 75.0 cm³/mol. The Labute approximate surface area is 109 Å². The fourth-order valence-electron chi connectivity index (χ4n) is 2.45. The summed E-state index contributed by atoms with van der Waals surface area (Å²) >= 11 is 0. The molecule has 1 aliphatic heterocycles. The summed E-state index contributed by atoms with van der Waals surface area (Å²) < 4.78 is 0. The molecule has 2 N–H and O–H groups in total. The summed E-state index contributed by atoms with van der Waals surface area (Å²) in [4.78, 5) is 13.2. The van der Waals surface area contributed by atoms with Crippen molar-refractivity contribution in [3.05, 3.63) is 12.4 Å². The van der Waals surface area contributed by atoms with Crippen LogP contribution in [0.4, 0.5) is 11.6 Å². The number of hydrogen-bond donors (Lipinski definition) is 1. The quantitative estimate of drug-likeness (QED) is 0.870. The molecular weight excluding hydrogens is 226 g/mol. The number of piperidine rings is 1. The van der Waals surface area contributed by atoms with E-state index in [9.17, 15) is 0 Å². The van der Waals surface area contributed by atoms with Crippen LogP contribution in [0.3, 0.4) is 0 Å². The zero-order valence-electron chi connectivity index (χ0n) is 11.3. The van der Waals surface area contributed by atoms with Gasteiger partial charge in [-0.25, -0.2) is 9.97 Å². The molecule has 0 spiro atoms. The third-order valence-corrected chi connectivity index (χ3v) is 3.51. The van der Waals surface area contributed by atoms with Gasteiger partial charge >= 0.3 is 0 Å². The normalized spacial score (nSPS) is 19.9. The van der Waals surface area contributed by atoms with E-state index in [1.54, 1.807) is 6.33 Å². The summed E-state index contributed by atoms with van der Waals surface area (Å²) in [6.07, 6.45) is 3.92. The van der Waals surface area contributed by atoms with Gasteiger partial charge in [-0.05, 0) is 26.7 Å². The van der Waals surface area contributed by atoms with Crippen LogP contribution in [0.15, 0.2) is 12.4 Å². The third kappa shape index (κ3) is 2.90. The summed E-state index contributed by atoms with van der Waals surface area (Å²) in [5.74, 6) is 2.01. The van der Waals surface area contributed by atoms with Crippen LogP contribution < -0.4 is 15.5 Å². The van der Waals surface area contributed by atoms with Gasteiger partial charge in [-0.15, -0.1) is 0 Å². The van der Waals surface area contributed by atoms with E-state index in [4.69, 9.17) is 5.73 Å². The second-order valence-corrected chi connectivity index (χ2v) is 4.76. The topological polar surface area (TPSA) is 58.3 Å². The van der Waals surface area contributed by atoms with Crippen LogP contribution in [-0.4, -0.2) is 42.2 Å². The molecule has 0 aliphatic carbocycles. The first kappa shape index (κ1) is 13.1. The van der Waals surface area contributed by atoms with Crippen molar-refractivity contribution in [1.29, 1.82) is 0 Å². The van der Waals surface area contributed by atoms with E-state index >= 15 is 0 Å². The van der Waals surface area contributed by atoms with Crippen molar-refractivity contribution in [3.8, 4) is 0 Å². The van der Waals surface area contributed by atoms with Gasteiger partial charge in [0.05, 0.1) is 0 Å². The Balaban J connectivity index is 2.15. The van der Waals surface area contributed by atoms with Crippen molar-refractivity contribution < 1.29 is 0 Å². The number of nitrogens with two attached hydrogens (primary N) is 1. The summed E-state index contributed by atoms with van der Waals surface area (Å²) in [6.45, 7) is 8.15. The lowest BCUT2D eigenvalue weighted by atomic mass is 10.1. The van der Waals surface area contributed by atoms with E-state index in [2.05, 4.69) is 39.7 Å². The van der Waals surface area contributed by atoms with Gasteiger partial charge in [0, 0.05) is 38.3 Å². The van der Waals surface area contributed by atoms with E-state index in [0.717, 1.165) is 50.7 Å². The maximum Gasteiger partial charge on any atom is 0.134 e. The zero-order chi connectivity index (χ0) is 13.0. The van der Waals surface area contributed by atoms with Crippen molar-refractivity contribution in [2.45, 2.75) is 32.7 Å². The highest BCUT2D eigenvalue weighted by Gasteiger charge is 2.18. The van der Waals surface area contributed by atoms with Gasteiger partial charge in [-0.1, -0.05) is 0 Å². The van der Waals surface area contributed by atoms with Gasteiger partial charge in [-0.3, -0.25) is 0 Å². The van der Waals surface area contributed by atoms with Crippen molar-refractivity contribution in [2.75, 3.05) is 36.0 Å². The highest BCUT2D eigenvalue weighted by Crippen LogP contribution is 2.20. The molecule has 0 bridgehead atoms. The van der Waals surface area contributed by atoms with Crippen LogP contribution in [0, 0.1) is 0 Å². The lowest BCUT2D eigenvalue weighted by molar-refractivity contribution is 0.503. The minimum atomic E-state index is 0.269. The zero-order valence-corrected chi connectivity index (χ0v) is 11.3. The maximum absolute atomic E-state index is 6.02. The van der Waals surface area contributed by atoms with Crippen molar-refractivity contribution in [2.24, 2.45) is 5.73 Å². The van der Waals surface area contributed by atoms with Crippen LogP contribution in [0.2, 0.25) is 0 Å². The molecule has 0 saturated carbocycles. The molecule has 5 heteroatoms. The highest BCUT2D eigenvalue weighted by atomic mass is 15.2. The molecule has 5 nitrogen and oxygen atoms in total. The highest BCUT2D eigenvalue weighted by molar-refractivity contribution is 5.50. The summed E-state index contributed by atoms with van der Waals surface area (Å²) in [5, 5.41) is 0. The Morgan fingerprint density at radius 1 is 1.39 bits per heavy atom. The van der Waals surface area contributed by atoms with Crippen LogP contribution in [-0.2, 0) is 0 Å². The number of hydrogen-bond acceptors (Lipinski definition) is 5. The molecule has 0 radical (unpaired) electrons. The Hall–Kier alpha value is -1.36. The molecule has 2 rings (SSSR count). The fourth-order valence-corrected chi connectivity index (χ4v) is 2.45. The third-order valence-electron chi connectivity index (χ3n) is 3.51. The van der Waals surface area contributed by atoms with E-state index < -0.39 is 0 Å². The Kier molecular flexibility index (Phi) is 4.36. The molecule has 100 valence electrons. The maximum atomic E-state index is 6.02. The van der Waals surface area contributed by atoms with Crippen LogP contribution in [0.1, 0.15) is 26.7 Å². The Morgan fingerprint density at radius 3 is 2.83 bits per heavy atom. The molecule has 1 unspecified atom stereocenters. The summed E-state index contributed by atoms with van der Waals surface area (Å²) in [5.41, 5.74) is 6.02. The molecule has 1 fully saturated rings. The largest absolute Gasteiger partial charge is 0.357 e. The van der Waals surface area contributed by atoms with Crippen molar-refractivity contribution in [3.63, 3.8) is 0 Å². The average molecular weight is 249 g/mol. The van der Waals surface area contributed by atoms with Gasteiger partial charge in [0.25, 0.3) is 0 Å². The number of rotatable bonds is 4. The second kappa shape index (κ2) is 6.00. The molecule has 18 heavy (non-hydrogen) atoms. The smallest absolute Gasteiger partial charge is 0.134 e. The van der Waals surface area contributed by atoms with Gasteiger partial charge in [0.2, 0.25) is 0 Å². The minimum absolute atomic E-state index is 0.269. The molecule has 0 aromatic carbocycles. The van der Waals surface area contributed by atoms with Gasteiger partial charge in [0.1, 0.15) is 18.0 Å². The van der Waals surface area contributed by atoms with Gasteiger partial charge < -0.3 is 15.5 Å². The Morgan fingerprint density at radius 2 is 2.17 bits per heavy atom. The lowest BCUT2D eigenvalue weighted by Gasteiger charge is -2.32. The number of nitrogens with zero attached hydrogens (tertiary/aromatic N) is 4. The van der Waals surface area contributed by atoms with E-state index in [-0.39, 0.29) is 6.04 Å². The molecule has 1 aliphatic rings. The van der Waals surface area contributed by atoms with Gasteiger partial charge in [-0.2, -0.15) is 0 Å². The molecule has 1 aromatic heterocycles. The Bertz CT molecular complexity index is 377. The lowest BCUT2D eigenvalue weighted by Crippen LogP contribution is -2.43. The average Bonchev–Trinajstić information content (AvgIpc) is 2.41. The first-order valence-corrected chi connectivity index (χ1v) is 6.82. The second-order valence-electron chi connectivity index (χ2n) is 4.76. The summed E-state index contributed by atoms with van der Waals surface area (Å²) in [6, 6.07) is 2.34. The standard InChI is InChI=1S/C13H23N5/c1-3-17(4-2)12-8-13(16-10-15-12)18-7-5-6-11(14)9-18/h8,10-11H,3-7,9,14H2,1-2H3.